The molecule has 0 aliphatic rings. The van der Waals surface area contributed by atoms with Crippen molar-refractivity contribution >= 4 is 21.6 Å². The van der Waals surface area contributed by atoms with E-state index >= 15 is 0 Å². The van der Waals surface area contributed by atoms with Crippen molar-refractivity contribution in [3.63, 3.8) is 0 Å². The minimum absolute atomic E-state index is 0.280. The number of nitriles is 1. The molecule has 1 N–H and O–H groups in total. The molecule has 1 rings (SSSR count). The largest absolute Gasteiger partial charge is 0.383 e. The van der Waals surface area contributed by atoms with Gasteiger partial charge in [-0.2, -0.15) is 5.26 Å². The first kappa shape index (κ1) is 10.0. The van der Waals surface area contributed by atoms with E-state index in [1.807, 2.05) is 6.07 Å². The lowest BCUT2D eigenvalue weighted by Crippen LogP contribution is -2.00. The predicted octanol–water partition coefficient (Wildman–Crippen LogP) is 2.91. The van der Waals surface area contributed by atoms with Gasteiger partial charge in [-0.05, 0) is 34.1 Å². The summed E-state index contributed by atoms with van der Waals surface area (Å²) in [6, 6.07) is 6.41. The first-order valence-electron chi connectivity index (χ1n) is 3.80. The molecule has 0 heterocycles. The molecule has 0 aliphatic carbocycles. The van der Waals surface area contributed by atoms with Crippen LogP contribution in [0.2, 0.25) is 0 Å². The highest BCUT2D eigenvalue weighted by Crippen LogP contribution is 2.22. The summed E-state index contributed by atoms with van der Waals surface area (Å²) in [4.78, 5) is 0. The molecule has 0 aliphatic heterocycles. The molecule has 0 aromatic heterocycles. The van der Waals surface area contributed by atoms with Crippen LogP contribution < -0.4 is 5.32 Å². The van der Waals surface area contributed by atoms with Gasteiger partial charge in [0.2, 0.25) is 0 Å². The molecule has 0 saturated heterocycles. The number of hydrogen-bond donors (Lipinski definition) is 1. The van der Waals surface area contributed by atoms with E-state index in [-0.39, 0.29) is 5.82 Å². The van der Waals surface area contributed by atoms with Crippen LogP contribution in [0.25, 0.3) is 0 Å². The zero-order chi connectivity index (χ0) is 9.68. The third kappa shape index (κ3) is 3.03. The lowest BCUT2D eigenvalue weighted by atomic mass is 10.3. The van der Waals surface area contributed by atoms with Gasteiger partial charge in [0, 0.05) is 16.7 Å². The Balaban J connectivity index is 2.62. The van der Waals surface area contributed by atoms with Crippen molar-refractivity contribution in [1.82, 2.24) is 0 Å². The molecule has 0 amide bonds. The molecule has 0 bridgehead atoms. The minimum atomic E-state index is -0.280. The summed E-state index contributed by atoms with van der Waals surface area (Å²) in [7, 11) is 0. The number of rotatable bonds is 3. The van der Waals surface area contributed by atoms with Gasteiger partial charge in [0.05, 0.1) is 12.5 Å². The maximum absolute atomic E-state index is 12.6. The summed E-state index contributed by atoms with van der Waals surface area (Å²) in [6.07, 6.45) is 0.434. The van der Waals surface area contributed by atoms with Crippen LogP contribution >= 0.6 is 15.9 Å². The van der Waals surface area contributed by atoms with Crippen molar-refractivity contribution in [3.05, 3.63) is 28.5 Å². The minimum Gasteiger partial charge on any atom is -0.383 e. The topological polar surface area (TPSA) is 35.8 Å². The second kappa shape index (κ2) is 4.83. The van der Waals surface area contributed by atoms with E-state index in [1.54, 1.807) is 6.07 Å². The summed E-state index contributed by atoms with van der Waals surface area (Å²) in [5.74, 6) is -0.280. The van der Waals surface area contributed by atoms with E-state index in [0.717, 1.165) is 5.69 Å². The number of nitrogens with zero attached hydrogens (tertiary/aromatic N) is 1. The molecule has 0 radical (unpaired) electrons. The normalized spacial score (nSPS) is 9.31. The van der Waals surface area contributed by atoms with Gasteiger partial charge in [0.1, 0.15) is 5.82 Å². The molecule has 0 saturated carbocycles. The van der Waals surface area contributed by atoms with Crippen LogP contribution in [0.3, 0.4) is 0 Å². The average molecular weight is 243 g/mol. The fourth-order valence-corrected chi connectivity index (χ4v) is 1.38. The third-order valence-corrected chi connectivity index (χ3v) is 2.14. The lowest BCUT2D eigenvalue weighted by Gasteiger charge is -2.05. The van der Waals surface area contributed by atoms with Crippen molar-refractivity contribution in [1.29, 1.82) is 5.26 Å². The van der Waals surface area contributed by atoms with Crippen LogP contribution in [0.15, 0.2) is 22.7 Å². The number of anilines is 1. The summed E-state index contributed by atoms with van der Waals surface area (Å²) in [5.41, 5.74) is 0.802. The number of benzene rings is 1. The van der Waals surface area contributed by atoms with Crippen LogP contribution in [0.1, 0.15) is 6.42 Å². The first-order chi connectivity index (χ1) is 6.24. The molecular formula is C9H8BrFN2. The van der Waals surface area contributed by atoms with Gasteiger partial charge in [0.15, 0.2) is 0 Å². The molecule has 1 aromatic rings. The van der Waals surface area contributed by atoms with E-state index in [0.29, 0.717) is 17.4 Å². The van der Waals surface area contributed by atoms with Gasteiger partial charge in [-0.3, -0.25) is 0 Å². The van der Waals surface area contributed by atoms with Crippen LogP contribution in [0.5, 0.6) is 0 Å². The van der Waals surface area contributed by atoms with Crippen molar-refractivity contribution in [2.75, 3.05) is 11.9 Å². The SMILES string of the molecule is N#CCCNc1ccc(F)cc1Br. The summed E-state index contributed by atoms with van der Waals surface area (Å²) in [6.45, 7) is 0.570. The summed E-state index contributed by atoms with van der Waals surface area (Å²) >= 11 is 3.21. The monoisotopic (exact) mass is 242 g/mol. The molecule has 0 unspecified atom stereocenters. The number of hydrogen-bond acceptors (Lipinski definition) is 2. The predicted molar refractivity (Wildman–Crippen MR) is 52.8 cm³/mol. The second-order valence-corrected chi connectivity index (χ2v) is 3.31. The van der Waals surface area contributed by atoms with Crippen molar-refractivity contribution in [2.24, 2.45) is 0 Å². The standard InChI is InChI=1S/C9H8BrFN2/c10-8-6-7(11)2-3-9(8)13-5-1-4-12/h2-3,6,13H,1,5H2. The van der Waals surface area contributed by atoms with E-state index in [1.165, 1.54) is 12.1 Å². The fourth-order valence-electron chi connectivity index (χ4n) is 0.886. The van der Waals surface area contributed by atoms with Gasteiger partial charge < -0.3 is 5.32 Å². The molecule has 0 atom stereocenters. The quantitative estimate of drug-likeness (QED) is 0.828. The Hall–Kier alpha value is -1.08. The highest BCUT2D eigenvalue weighted by molar-refractivity contribution is 9.10. The van der Waals surface area contributed by atoms with Gasteiger partial charge in [-0.15, -0.1) is 0 Å². The molecular weight excluding hydrogens is 235 g/mol. The average Bonchev–Trinajstić information content (AvgIpc) is 2.09. The molecule has 0 fully saturated rings. The van der Waals surface area contributed by atoms with Crippen molar-refractivity contribution in [3.8, 4) is 6.07 Å². The first-order valence-corrected chi connectivity index (χ1v) is 4.59. The Kier molecular flexibility index (Phi) is 3.71. The molecule has 0 spiro atoms. The third-order valence-electron chi connectivity index (χ3n) is 1.48. The number of halogens is 2. The van der Waals surface area contributed by atoms with E-state index in [9.17, 15) is 4.39 Å². The van der Waals surface area contributed by atoms with Gasteiger partial charge >= 0.3 is 0 Å². The highest BCUT2D eigenvalue weighted by atomic mass is 79.9. The Morgan fingerprint density at radius 2 is 2.31 bits per heavy atom. The van der Waals surface area contributed by atoms with Crippen molar-refractivity contribution < 1.29 is 4.39 Å². The molecule has 1 aromatic carbocycles. The zero-order valence-corrected chi connectivity index (χ0v) is 8.44. The van der Waals surface area contributed by atoms with E-state index in [4.69, 9.17) is 5.26 Å². The molecule has 4 heteroatoms. The molecule has 13 heavy (non-hydrogen) atoms. The van der Waals surface area contributed by atoms with Crippen LogP contribution in [-0.2, 0) is 0 Å². The Labute approximate surface area is 84.5 Å². The van der Waals surface area contributed by atoms with Gasteiger partial charge in [-0.25, -0.2) is 4.39 Å². The van der Waals surface area contributed by atoms with Crippen molar-refractivity contribution in [2.45, 2.75) is 6.42 Å². The van der Waals surface area contributed by atoms with Crippen LogP contribution in [0.4, 0.5) is 10.1 Å². The Morgan fingerprint density at radius 1 is 1.54 bits per heavy atom. The highest BCUT2D eigenvalue weighted by Gasteiger charge is 1.99. The Bertz CT molecular complexity index is 333. The maximum atomic E-state index is 12.6. The second-order valence-electron chi connectivity index (χ2n) is 2.46. The van der Waals surface area contributed by atoms with Gasteiger partial charge in [0.25, 0.3) is 0 Å². The van der Waals surface area contributed by atoms with Crippen LogP contribution in [0, 0.1) is 17.1 Å². The van der Waals surface area contributed by atoms with Crippen LogP contribution in [-0.4, -0.2) is 6.54 Å². The fraction of sp³-hybridized carbons (Fsp3) is 0.222. The summed E-state index contributed by atoms with van der Waals surface area (Å²) in [5, 5.41) is 11.3. The smallest absolute Gasteiger partial charge is 0.124 e. The number of nitrogens with one attached hydrogen (secondary N) is 1. The van der Waals surface area contributed by atoms with E-state index < -0.39 is 0 Å². The molecule has 68 valence electrons. The maximum Gasteiger partial charge on any atom is 0.124 e. The summed E-state index contributed by atoms with van der Waals surface area (Å²) < 4.78 is 13.3. The van der Waals surface area contributed by atoms with E-state index in [2.05, 4.69) is 21.2 Å². The Morgan fingerprint density at radius 3 is 2.92 bits per heavy atom. The molecule has 2 nitrogen and oxygen atoms in total. The zero-order valence-electron chi connectivity index (χ0n) is 6.85. The van der Waals surface area contributed by atoms with Gasteiger partial charge in [-0.1, -0.05) is 0 Å². The lowest BCUT2D eigenvalue weighted by molar-refractivity contribution is 0.627.